The summed E-state index contributed by atoms with van der Waals surface area (Å²) in [6.45, 7) is 2.95. The van der Waals surface area contributed by atoms with Gasteiger partial charge in [-0.05, 0) is 12.8 Å². The zero-order valence-electron chi connectivity index (χ0n) is 9.24. The first-order valence-electron chi connectivity index (χ1n) is 5.32. The molecule has 0 rings (SSSR count). The Kier molecular flexibility index (Phi) is 7.04. The van der Waals surface area contributed by atoms with Gasteiger partial charge < -0.3 is 25.5 Å². The van der Waals surface area contributed by atoms with Gasteiger partial charge in [-0.1, -0.05) is 13.8 Å². The molecule has 0 heterocycles. The van der Waals surface area contributed by atoms with E-state index < -0.39 is 36.9 Å². The zero-order chi connectivity index (χ0) is 12.0. The van der Waals surface area contributed by atoms with Crippen molar-refractivity contribution in [2.24, 2.45) is 5.92 Å². The maximum absolute atomic E-state index is 9.70. The molecule has 5 nitrogen and oxygen atoms in total. The molecule has 0 aliphatic carbocycles. The molecular weight excluding hydrogens is 200 g/mol. The van der Waals surface area contributed by atoms with Crippen molar-refractivity contribution in [2.75, 3.05) is 6.61 Å². The van der Waals surface area contributed by atoms with Gasteiger partial charge in [0.05, 0.1) is 24.9 Å². The highest BCUT2D eigenvalue weighted by Gasteiger charge is 2.33. The number of rotatable bonds is 7. The van der Waals surface area contributed by atoms with Gasteiger partial charge in [-0.3, -0.25) is 0 Å². The molecule has 0 saturated heterocycles. The van der Waals surface area contributed by atoms with E-state index in [1.54, 1.807) is 13.8 Å². The van der Waals surface area contributed by atoms with Gasteiger partial charge in [-0.15, -0.1) is 0 Å². The predicted molar refractivity (Wildman–Crippen MR) is 55.2 cm³/mol. The molecule has 0 aliphatic heterocycles. The molecule has 0 bridgehead atoms. The first-order chi connectivity index (χ1) is 6.99. The Hall–Kier alpha value is -0.200. The van der Waals surface area contributed by atoms with Crippen LogP contribution in [0.2, 0.25) is 0 Å². The molecule has 15 heavy (non-hydrogen) atoms. The Morgan fingerprint density at radius 2 is 1.33 bits per heavy atom. The fraction of sp³-hybridized carbons (Fsp3) is 1.00. The lowest BCUT2D eigenvalue weighted by Gasteiger charge is -2.30. The van der Waals surface area contributed by atoms with E-state index in [4.69, 9.17) is 5.11 Å². The normalized spacial score (nSPS) is 21.8. The van der Waals surface area contributed by atoms with Crippen molar-refractivity contribution < 1.29 is 25.5 Å². The van der Waals surface area contributed by atoms with Gasteiger partial charge in [0, 0.05) is 5.92 Å². The van der Waals surface area contributed by atoms with Gasteiger partial charge in [-0.25, -0.2) is 0 Å². The van der Waals surface area contributed by atoms with Gasteiger partial charge in [0.15, 0.2) is 0 Å². The summed E-state index contributed by atoms with van der Waals surface area (Å²) in [4.78, 5) is 0. The molecule has 0 saturated carbocycles. The molecule has 0 fully saturated rings. The van der Waals surface area contributed by atoms with Crippen molar-refractivity contribution in [3.63, 3.8) is 0 Å². The fourth-order valence-corrected chi connectivity index (χ4v) is 1.60. The molecule has 92 valence electrons. The van der Waals surface area contributed by atoms with Crippen LogP contribution in [0.4, 0.5) is 0 Å². The van der Waals surface area contributed by atoms with Gasteiger partial charge in [0.2, 0.25) is 0 Å². The minimum atomic E-state index is -1.29. The SMILES string of the molecule is CCC(O)C(O)C(O)C(CC)C(O)CO. The third-order valence-corrected chi connectivity index (χ3v) is 2.75. The predicted octanol–water partition coefficient (Wildman–Crippen LogP) is -1.14. The van der Waals surface area contributed by atoms with E-state index in [9.17, 15) is 20.4 Å². The third-order valence-electron chi connectivity index (χ3n) is 2.75. The smallest absolute Gasteiger partial charge is 0.106 e. The number of aliphatic hydroxyl groups is 5. The lowest BCUT2D eigenvalue weighted by molar-refractivity contribution is -0.110. The van der Waals surface area contributed by atoms with E-state index in [0.717, 1.165) is 0 Å². The summed E-state index contributed by atoms with van der Waals surface area (Å²) in [6.07, 6.45) is -3.88. The van der Waals surface area contributed by atoms with E-state index in [1.807, 2.05) is 0 Å². The summed E-state index contributed by atoms with van der Waals surface area (Å²) >= 11 is 0. The average Bonchev–Trinajstić information content (AvgIpc) is 2.27. The first-order valence-corrected chi connectivity index (χ1v) is 5.32. The van der Waals surface area contributed by atoms with Crippen LogP contribution in [-0.2, 0) is 0 Å². The summed E-state index contributed by atoms with van der Waals surface area (Å²) in [7, 11) is 0. The largest absolute Gasteiger partial charge is 0.394 e. The van der Waals surface area contributed by atoms with E-state index in [1.165, 1.54) is 0 Å². The van der Waals surface area contributed by atoms with Crippen LogP contribution in [0.15, 0.2) is 0 Å². The summed E-state index contributed by atoms with van der Waals surface area (Å²) in [5.41, 5.74) is 0. The molecule has 0 spiro atoms. The van der Waals surface area contributed by atoms with Crippen molar-refractivity contribution >= 4 is 0 Å². The molecule has 0 aromatic rings. The van der Waals surface area contributed by atoms with Crippen LogP contribution in [0.5, 0.6) is 0 Å². The standard InChI is InChI=1S/C10H22O5/c1-3-6(8(13)5-11)9(14)10(15)7(12)4-2/h6-15H,3-5H2,1-2H3. The molecule has 5 N–H and O–H groups in total. The molecule has 0 aromatic carbocycles. The Morgan fingerprint density at radius 3 is 1.67 bits per heavy atom. The number of aliphatic hydroxyl groups excluding tert-OH is 5. The Balaban J connectivity index is 4.42. The van der Waals surface area contributed by atoms with Gasteiger partial charge >= 0.3 is 0 Å². The van der Waals surface area contributed by atoms with Crippen LogP contribution < -0.4 is 0 Å². The summed E-state index contributed by atoms with van der Waals surface area (Å²) in [5, 5.41) is 46.7. The maximum Gasteiger partial charge on any atom is 0.106 e. The van der Waals surface area contributed by atoms with E-state index in [0.29, 0.717) is 12.8 Å². The zero-order valence-corrected chi connectivity index (χ0v) is 9.24. The lowest BCUT2D eigenvalue weighted by Crippen LogP contribution is -2.46. The highest BCUT2D eigenvalue weighted by molar-refractivity contribution is 4.83. The second kappa shape index (κ2) is 7.14. The lowest BCUT2D eigenvalue weighted by atomic mass is 9.88. The highest BCUT2D eigenvalue weighted by Crippen LogP contribution is 2.19. The van der Waals surface area contributed by atoms with Crippen molar-refractivity contribution in [3.05, 3.63) is 0 Å². The van der Waals surface area contributed by atoms with E-state index in [-0.39, 0.29) is 0 Å². The third kappa shape index (κ3) is 4.04. The molecule has 0 amide bonds. The highest BCUT2D eigenvalue weighted by atomic mass is 16.4. The van der Waals surface area contributed by atoms with E-state index >= 15 is 0 Å². The second-order valence-corrected chi connectivity index (χ2v) is 3.78. The Morgan fingerprint density at radius 1 is 0.800 bits per heavy atom. The molecule has 0 aromatic heterocycles. The van der Waals surface area contributed by atoms with E-state index in [2.05, 4.69) is 0 Å². The molecule has 5 atom stereocenters. The fourth-order valence-electron chi connectivity index (χ4n) is 1.60. The monoisotopic (exact) mass is 222 g/mol. The van der Waals surface area contributed by atoms with Crippen molar-refractivity contribution in [3.8, 4) is 0 Å². The minimum absolute atomic E-state index is 0.323. The van der Waals surface area contributed by atoms with Crippen LogP contribution in [0.25, 0.3) is 0 Å². The van der Waals surface area contributed by atoms with Crippen LogP contribution in [0.1, 0.15) is 26.7 Å². The number of hydrogen-bond acceptors (Lipinski definition) is 5. The minimum Gasteiger partial charge on any atom is -0.394 e. The van der Waals surface area contributed by atoms with Crippen molar-refractivity contribution in [2.45, 2.75) is 51.1 Å². The summed E-state index contributed by atoms with van der Waals surface area (Å²) in [6, 6.07) is 0. The number of hydrogen-bond donors (Lipinski definition) is 5. The maximum atomic E-state index is 9.70. The average molecular weight is 222 g/mol. The van der Waals surface area contributed by atoms with Gasteiger partial charge in [0.25, 0.3) is 0 Å². The van der Waals surface area contributed by atoms with Crippen molar-refractivity contribution in [1.29, 1.82) is 0 Å². The summed E-state index contributed by atoms with van der Waals surface area (Å²) in [5.74, 6) is -0.633. The Bertz CT molecular complexity index is 164. The van der Waals surface area contributed by atoms with Crippen LogP contribution >= 0.6 is 0 Å². The second-order valence-electron chi connectivity index (χ2n) is 3.78. The Labute approximate surface area is 90.0 Å². The molecule has 0 radical (unpaired) electrons. The van der Waals surface area contributed by atoms with Crippen LogP contribution in [-0.4, -0.2) is 56.6 Å². The summed E-state index contributed by atoms with van der Waals surface area (Å²) < 4.78 is 0. The van der Waals surface area contributed by atoms with Gasteiger partial charge in [0.1, 0.15) is 6.10 Å². The topological polar surface area (TPSA) is 101 Å². The quantitative estimate of drug-likeness (QED) is 0.375. The molecule has 5 heteroatoms. The van der Waals surface area contributed by atoms with Gasteiger partial charge in [-0.2, -0.15) is 0 Å². The van der Waals surface area contributed by atoms with Crippen LogP contribution in [0, 0.1) is 5.92 Å². The van der Waals surface area contributed by atoms with Crippen molar-refractivity contribution in [1.82, 2.24) is 0 Å². The van der Waals surface area contributed by atoms with Crippen LogP contribution in [0.3, 0.4) is 0 Å². The molecule has 5 unspecified atom stereocenters. The molecular formula is C10H22O5. The molecule has 0 aliphatic rings. The first kappa shape index (κ1) is 14.8.